The standard InChI is InChI=1S/C20H16N4O2S/c25-24(26)15-9-10-16(19-13(15)5-3-11-21-19)23-12-4-7-17(23)20-22-14-6-1-2-8-18(14)27-20/h1-3,5-6,8-11,17H,4,7,12H2. The van der Waals surface area contributed by atoms with Gasteiger partial charge in [0.2, 0.25) is 0 Å². The second kappa shape index (κ2) is 6.28. The van der Waals surface area contributed by atoms with E-state index in [2.05, 4.69) is 16.0 Å². The normalized spacial score (nSPS) is 17.0. The van der Waals surface area contributed by atoms with Gasteiger partial charge in [-0.2, -0.15) is 0 Å². The number of hydrogen-bond donors (Lipinski definition) is 0. The first-order valence-electron chi connectivity index (χ1n) is 8.86. The lowest BCUT2D eigenvalue weighted by Gasteiger charge is -2.26. The van der Waals surface area contributed by atoms with Crippen molar-refractivity contribution in [1.82, 2.24) is 9.97 Å². The van der Waals surface area contributed by atoms with Crippen molar-refractivity contribution >= 4 is 43.8 Å². The number of pyridine rings is 1. The first kappa shape index (κ1) is 16.1. The van der Waals surface area contributed by atoms with Crippen molar-refractivity contribution in [2.75, 3.05) is 11.4 Å². The predicted octanol–water partition coefficient (Wildman–Crippen LogP) is 5.09. The molecule has 1 aliphatic rings. The molecular weight excluding hydrogens is 360 g/mol. The van der Waals surface area contributed by atoms with Crippen LogP contribution in [0.3, 0.4) is 0 Å². The van der Waals surface area contributed by atoms with Crippen LogP contribution >= 0.6 is 11.3 Å². The molecule has 0 N–H and O–H groups in total. The summed E-state index contributed by atoms with van der Waals surface area (Å²) in [5, 5.41) is 13.1. The second-order valence-corrected chi connectivity index (χ2v) is 7.69. The van der Waals surface area contributed by atoms with E-state index in [9.17, 15) is 10.1 Å². The van der Waals surface area contributed by atoms with Crippen molar-refractivity contribution in [1.29, 1.82) is 0 Å². The van der Waals surface area contributed by atoms with E-state index < -0.39 is 0 Å². The molecule has 0 amide bonds. The minimum atomic E-state index is -0.344. The van der Waals surface area contributed by atoms with Gasteiger partial charge in [-0.3, -0.25) is 15.1 Å². The van der Waals surface area contributed by atoms with Gasteiger partial charge in [0.05, 0.1) is 32.3 Å². The summed E-state index contributed by atoms with van der Waals surface area (Å²) in [6.45, 7) is 0.893. The third-order valence-corrected chi connectivity index (χ3v) is 6.22. The van der Waals surface area contributed by atoms with Gasteiger partial charge in [-0.05, 0) is 43.2 Å². The molecule has 2 aromatic heterocycles. The highest BCUT2D eigenvalue weighted by Gasteiger charge is 2.31. The van der Waals surface area contributed by atoms with Crippen molar-refractivity contribution in [2.24, 2.45) is 0 Å². The maximum Gasteiger partial charge on any atom is 0.278 e. The molecule has 6 nitrogen and oxygen atoms in total. The summed E-state index contributed by atoms with van der Waals surface area (Å²) in [6, 6.07) is 15.3. The fourth-order valence-corrected chi connectivity index (χ4v) is 4.99. The van der Waals surface area contributed by atoms with Crippen LogP contribution in [0.2, 0.25) is 0 Å². The summed E-state index contributed by atoms with van der Waals surface area (Å²) in [5.74, 6) is 0. The number of nitro benzene ring substituents is 1. The minimum absolute atomic E-state index is 0.0950. The van der Waals surface area contributed by atoms with Crippen LogP contribution in [0.5, 0.6) is 0 Å². The number of benzene rings is 2. The lowest BCUT2D eigenvalue weighted by atomic mass is 10.1. The highest BCUT2D eigenvalue weighted by molar-refractivity contribution is 7.18. The first-order valence-corrected chi connectivity index (χ1v) is 9.68. The Hall–Kier alpha value is -3.06. The summed E-state index contributed by atoms with van der Waals surface area (Å²) in [6.07, 6.45) is 3.77. The van der Waals surface area contributed by atoms with Crippen LogP contribution < -0.4 is 4.90 Å². The van der Waals surface area contributed by atoms with Gasteiger partial charge in [-0.15, -0.1) is 11.3 Å². The maximum absolute atomic E-state index is 11.4. The molecule has 5 rings (SSSR count). The number of hydrogen-bond acceptors (Lipinski definition) is 6. The minimum Gasteiger partial charge on any atom is -0.360 e. The molecule has 0 spiro atoms. The van der Waals surface area contributed by atoms with Gasteiger partial charge < -0.3 is 4.90 Å². The van der Waals surface area contributed by atoms with Crippen LogP contribution in [-0.4, -0.2) is 21.4 Å². The molecule has 4 aromatic rings. The van der Waals surface area contributed by atoms with Gasteiger partial charge in [-0.25, -0.2) is 4.98 Å². The van der Waals surface area contributed by atoms with E-state index in [0.717, 1.165) is 35.6 Å². The summed E-state index contributed by atoms with van der Waals surface area (Å²) in [7, 11) is 0. The number of fused-ring (bicyclic) bond motifs is 2. The molecule has 134 valence electrons. The smallest absolute Gasteiger partial charge is 0.278 e. The van der Waals surface area contributed by atoms with Crippen molar-refractivity contribution < 1.29 is 4.92 Å². The van der Waals surface area contributed by atoms with E-state index in [1.165, 1.54) is 4.70 Å². The van der Waals surface area contributed by atoms with Gasteiger partial charge in [0.25, 0.3) is 5.69 Å². The molecule has 0 bridgehead atoms. The molecule has 1 unspecified atom stereocenters. The molecule has 1 aliphatic heterocycles. The molecular formula is C20H16N4O2S. The fraction of sp³-hybridized carbons (Fsp3) is 0.200. The van der Waals surface area contributed by atoms with Crippen LogP contribution in [0.15, 0.2) is 54.7 Å². The Kier molecular flexibility index (Phi) is 3.75. The van der Waals surface area contributed by atoms with E-state index >= 15 is 0 Å². The third-order valence-electron chi connectivity index (χ3n) is 5.08. The third kappa shape index (κ3) is 2.62. The Morgan fingerprint density at radius 2 is 2.04 bits per heavy atom. The van der Waals surface area contributed by atoms with E-state index in [0.29, 0.717) is 10.9 Å². The second-order valence-electron chi connectivity index (χ2n) is 6.63. The Bertz CT molecular complexity index is 1140. The maximum atomic E-state index is 11.4. The molecule has 1 fully saturated rings. The summed E-state index contributed by atoms with van der Waals surface area (Å²) >= 11 is 1.72. The van der Waals surface area contributed by atoms with Gasteiger partial charge in [-0.1, -0.05) is 12.1 Å². The van der Waals surface area contributed by atoms with Crippen molar-refractivity contribution in [3.63, 3.8) is 0 Å². The molecule has 0 radical (unpaired) electrons. The summed E-state index contributed by atoms with van der Waals surface area (Å²) in [5.41, 5.74) is 2.74. The van der Waals surface area contributed by atoms with Crippen LogP contribution in [0, 0.1) is 10.1 Å². The molecule has 3 heterocycles. The molecule has 27 heavy (non-hydrogen) atoms. The number of thiazole rings is 1. The first-order chi connectivity index (χ1) is 13.2. The van der Waals surface area contributed by atoms with E-state index in [-0.39, 0.29) is 16.7 Å². The predicted molar refractivity (Wildman–Crippen MR) is 107 cm³/mol. The zero-order chi connectivity index (χ0) is 18.4. The van der Waals surface area contributed by atoms with Crippen molar-refractivity contribution in [3.05, 3.63) is 69.8 Å². The summed E-state index contributed by atoms with van der Waals surface area (Å²) < 4.78 is 1.19. The Labute approximate surface area is 159 Å². The summed E-state index contributed by atoms with van der Waals surface area (Å²) in [4.78, 5) is 22.7. The van der Waals surface area contributed by atoms with Gasteiger partial charge in [0.1, 0.15) is 10.5 Å². The Morgan fingerprint density at radius 1 is 1.15 bits per heavy atom. The highest BCUT2D eigenvalue weighted by Crippen LogP contribution is 2.42. The SMILES string of the molecule is O=[N+]([O-])c1ccc(N2CCCC2c2nc3ccccc3s2)c2ncccc12. The Balaban J connectivity index is 1.63. The fourth-order valence-electron chi connectivity index (χ4n) is 3.88. The van der Waals surface area contributed by atoms with Crippen LogP contribution in [0.4, 0.5) is 11.4 Å². The number of para-hydroxylation sites is 1. The van der Waals surface area contributed by atoms with Crippen molar-refractivity contribution in [2.45, 2.75) is 18.9 Å². The lowest BCUT2D eigenvalue weighted by Crippen LogP contribution is -2.23. The average Bonchev–Trinajstić information content (AvgIpc) is 3.33. The molecule has 0 saturated carbocycles. The zero-order valence-corrected chi connectivity index (χ0v) is 15.2. The van der Waals surface area contributed by atoms with E-state index in [4.69, 9.17) is 4.98 Å². The van der Waals surface area contributed by atoms with Gasteiger partial charge in [0.15, 0.2) is 0 Å². The van der Waals surface area contributed by atoms with Crippen LogP contribution in [0.25, 0.3) is 21.1 Å². The van der Waals surface area contributed by atoms with Crippen molar-refractivity contribution in [3.8, 4) is 0 Å². The van der Waals surface area contributed by atoms with Gasteiger partial charge >= 0.3 is 0 Å². The molecule has 2 aromatic carbocycles. The van der Waals surface area contributed by atoms with E-state index in [1.54, 1.807) is 35.7 Å². The number of nitro groups is 1. The topological polar surface area (TPSA) is 72.2 Å². The average molecular weight is 376 g/mol. The molecule has 1 atom stereocenters. The van der Waals surface area contributed by atoms with Crippen LogP contribution in [0.1, 0.15) is 23.9 Å². The van der Waals surface area contributed by atoms with Gasteiger partial charge in [0, 0.05) is 18.8 Å². The number of rotatable bonds is 3. The lowest BCUT2D eigenvalue weighted by molar-refractivity contribution is -0.383. The number of anilines is 1. The number of nitrogens with zero attached hydrogens (tertiary/aromatic N) is 4. The van der Waals surface area contributed by atoms with Crippen LogP contribution in [-0.2, 0) is 0 Å². The monoisotopic (exact) mass is 376 g/mol. The molecule has 7 heteroatoms. The quantitative estimate of drug-likeness (QED) is 0.368. The van der Waals surface area contributed by atoms with E-state index in [1.807, 2.05) is 24.3 Å². The number of aromatic nitrogens is 2. The Morgan fingerprint density at radius 3 is 2.89 bits per heavy atom. The zero-order valence-electron chi connectivity index (χ0n) is 14.4. The largest absolute Gasteiger partial charge is 0.360 e. The highest BCUT2D eigenvalue weighted by atomic mass is 32.1. The molecule has 0 aliphatic carbocycles. The molecule has 1 saturated heterocycles. The number of non-ortho nitro benzene ring substituents is 1.